The molecule has 0 radical (unpaired) electrons. The summed E-state index contributed by atoms with van der Waals surface area (Å²) in [5, 5.41) is 8.79. The molecule has 1 atom stereocenters. The lowest BCUT2D eigenvalue weighted by atomic mass is 10.1. The molecule has 0 heterocycles. The summed E-state index contributed by atoms with van der Waals surface area (Å²) in [6.07, 6.45) is 2.43. The van der Waals surface area contributed by atoms with Gasteiger partial charge in [0, 0.05) is 0 Å². The van der Waals surface area contributed by atoms with Crippen LogP contribution in [0.1, 0.15) is 20.3 Å². The number of allylic oxidation sites excluding steroid dienone is 1. The third kappa shape index (κ3) is 5.24. The molecule has 1 N–H and O–H groups in total. The molecule has 0 bridgehead atoms. The summed E-state index contributed by atoms with van der Waals surface area (Å²) in [7, 11) is 0. The fourth-order valence-corrected chi connectivity index (χ4v) is 0.650. The van der Waals surface area contributed by atoms with Crippen molar-refractivity contribution in [1.29, 1.82) is 0 Å². The van der Waals surface area contributed by atoms with Crippen molar-refractivity contribution in [2.24, 2.45) is 0 Å². The average Bonchev–Trinajstić information content (AvgIpc) is 1.63. The molecule has 0 aromatic rings. The van der Waals surface area contributed by atoms with E-state index >= 15 is 0 Å². The summed E-state index contributed by atoms with van der Waals surface area (Å²) < 4.78 is 0. The predicted molar refractivity (Wildman–Crippen MR) is 36.1 cm³/mol. The molecular formula is C7H12O2. The van der Waals surface area contributed by atoms with Crippen LogP contribution in [0.2, 0.25) is 0 Å². The molecular weight excluding hydrogens is 116 g/mol. The zero-order chi connectivity index (χ0) is 7.28. The molecule has 0 aliphatic heterocycles. The molecule has 9 heavy (non-hydrogen) atoms. The van der Waals surface area contributed by atoms with Gasteiger partial charge in [0.15, 0.2) is 0 Å². The Balaban J connectivity index is 3.61. The van der Waals surface area contributed by atoms with E-state index in [9.17, 15) is 4.79 Å². The van der Waals surface area contributed by atoms with Crippen LogP contribution >= 0.6 is 0 Å². The molecule has 0 aromatic heterocycles. The number of carbonyl (C=O) groups is 1. The van der Waals surface area contributed by atoms with Crippen LogP contribution in [0, 0.1) is 0 Å². The van der Waals surface area contributed by atoms with Crippen LogP contribution in [0.15, 0.2) is 11.6 Å². The quantitative estimate of drug-likeness (QED) is 0.453. The smallest absolute Gasteiger partial charge is 0.142 e. The Labute approximate surface area is 55.2 Å². The fourth-order valence-electron chi connectivity index (χ4n) is 0.650. The van der Waals surface area contributed by atoms with E-state index in [2.05, 4.69) is 0 Å². The highest BCUT2D eigenvalue weighted by Gasteiger charge is 1.94. The molecule has 2 heteroatoms. The largest absolute Gasteiger partial charge is 0.393 e. The molecule has 0 fully saturated rings. The lowest BCUT2D eigenvalue weighted by molar-refractivity contribution is -0.104. The standard InChI is InChI=1S/C7H12O2/c1-6(3-4-8)5-7(2)9/h3-4,7,9H,5H2,1-2H3. The molecule has 0 aliphatic carbocycles. The Kier molecular flexibility index (Phi) is 3.97. The summed E-state index contributed by atoms with van der Waals surface area (Å²) in [5.74, 6) is 0. The van der Waals surface area contributed by atoms with Crippen molar-refractivity contribution in [3.8, 4) is 0 Å². The predicted octanol–water partition coefficient (Wildman–Crippen LogP) is 0.903. The molecule has 0 saturated carbocycles. The highest BCUT2D eigenvalue weighted by Crippen LogP contribution is 2.01. The Hall–Kier alpha value is -0.630. The summed E-state index contributed by atoms with van der Waals surface area (Å²) in [6.45, 7) is 3.52. The fraction of sp³-hybridized carbons (Fsp3) is 0.571. The molecule has 0 rings (SSSR count). The number of hydrogen-bond donors (Lipinski definition) is 1. The van der Waals surface area contributed by atoms with Gasteiger partial charge in [-0.05, 0) is 26.3 Å². The van der Waals surface area contributed by atoms with Crippen LogP contribution in [0.4, 0.5) is 0 Å². The second-order valence-electron chi connectivity index (χ2n) is 2.20. The van der Waals surface area contributed by atoms with Gasteiger partial charge in [-0.2, -0.15) is 0 Å². The first-order chi connectivity index (χ1) is 4.16. The van der Waals surface area contributed by atoms with Gasteiger partial charge in [0.25, 0.3) is 0 Å². The Morgan fingerprint density at radius 1 is 1.78 bits per heavy atom. The molecule has 0 aromatic carbocycles. The van der Waals surface area contributed by atoms with Crippen LogP contribution in [0.3, 0.4) is 0 Å². The van der Waals surface area contributed by atoms with Crippen molar-refractivity contribution in [3.05, 3.63) is 11.6 Å². The van der Waals surface area contributed by atoms with Gasteiger partial charge >= 0.3 is 0 Å². The average molecular weight is 128 g/mol. The van der Waals surface area contributed by atoms with Crippen LogP contribution in [0.5, 0.6) is 0 Å². The number of aliphatic hydroxyl groups is 1. The number of aldehydes is 1. The monoisotopic (exact) mass is 128 g/mol. The van der Waals surface area contributed by atoms with Crippen molar-refractivity contribution in [2.45, 2.75) is 26.4 Å². The third-order valence-corrected chi connectivity index (χ3v) is 0.970. The topological polar surface area (TPSA) is 37.3 Å². The van der Waals surface area contributed by atoms with Gasteiger partial charge in [0.05, 0.1) is 6.10 Å². The maximum absolute atomic E-state index is 9.84. The minimum absolute atomic E-state index is 0.346. The van der Waals surface area contributed by atoms with E-state index in [1.165, 1.54) is 6.08 Å². The molecule has 0 aliphatic rings. The molecule has 0 amide bonds. The van der Waals surface area contributed by atoms with Gasteiger partial charge in [-0.1, -0.05) is 5.57 Å². The number of rotatable bonds is 3. The highest BCUT2D eigenvalue weighted by molar-refractivity contribution is 5.65. The van der Waals surface area contributed by atoms with Crippen molar-refractivity contribution in [2.75, 3.05) is 0 Å². The molecule has 1 unspecified atom stereocenters. The summed E-state index contributed by atoms with van der Waals surface area (Å²) >= 11 is 0. The summed E-state index contributed by atoms with van der Waals surface area (Å²) in [4.78, 5) is 9.84. The Morgan fingerprint density at radius 3 is 2.67 bits per heavy atom. The number of carbonyl (C=O) groups excluding carboxylic acids is 1. The highest BCUT2D eigenvalue weighted by atomic mass is 16.3. The Bertz CT molecular complexity index is 114. The second kappa shape index (κ2) is 4.27. The zero-order valence-electron chi connectivity index (χ0n) is 5.79. The second-order valence-corrected chi connectivity index (χ2v) is 2.20. The van der Waals surface area contributed by atoms with Crippen molar-refractivity contribution < 1.29 is 9.90 Å². The maximum atomic E-state index is 9.84. The lowest BCUT2D eigenvalue weighted by Crippen LogP contribution is -1.99. The first-order valence-electron chi connectivity index (χ1n) is 2.96. The molecule has 0 saturated heterocycles. The molecule has 2 nitrogen and oxygen atoms in total. The van der Waals surface area contributed by atoms with Gasteiger partial charge in [0.1, 0.15) is 6.29 Å². The lowest BCUT2D eigenvalue weighted by Gasteiger charge is -2.00. The third-order valence-electron chi connectivity index (χ3n) is 0.970. The van der Waals surface area contributed by atoms with Crippen molar-refractivity contribution in [1.82, 2.24) is 0 Å². The van der Waals surface area contributed by atoms with Crippen LogP contribution in [-0.2, 0) is 4.79 Å². The van der Waals surface area contributed by atoms with Crippen LogP contribution in [-0.4, -0.2) is 17.5 Å². The summed E-state index contributed by atoms with van der Waals surface area (Å²) in [6, 6.07) is 0. The molecule has 52 valence electrons. The number of aliphatic hydroxyl groups excluding tert-OH is 1. The van der Waals surface area contributed by atoms with Gasteiger partial charge in [0.2, 0.25) is 0 Å². The van der Waals surface area contributed by atoms with E-state index < -0.39 is 0 Å². The van der Waals surface area contributed by atoms with Gasteiger partial charge in [-0.25, -0.2) is 0 Å². The summed E-state index contributed by atoms with van der Waals surface area (Å²) in [5.41, 5.74) is 0.917. The van der Waals surface area contributed by atoms with Gasteiger partial charge < -0.3 is 5.11 Å². The van der Waals surface area contributed by atoms with Gasteiger partial charge in [-0.15, -0.1) is 0 Å². The van der Waals surface area contributed by atoms with Gasteiger partial charge in [-0.3, -0.25) is 4.79 Å². The van der Waals surface area contributed by atoms with Crippen LogP contribution in [0.25, 0.3) is 0 Å². The number of hydrogen-bond acceptors (Lipinski definition) is 2. The van der Waals surface area contributed by atoms with E-state index in [0.717, 1.165) is 11.9 Å². The van der Waals surface area contributed by atoms with E-state index in [0.29, 0.717) is 6.42 Å². The maximum Gasteiger partial charge on any atom is 0.142 e. The van der Waals surface area contributed by atoms with Crippen LogP contribution < -0.4 is 0 Å². The molecule has 0 spiro atoms. The van der Waals surface area contributed by atoms with E-state index in [1.54, 1.807) is 6.92 Å². The minimum atomic E-state index is -0.346. The Morgan fingerprint density at radius 2 is 2.33 bits per heavy atom. The normalized spacial score (nSPS) is 15.2. The zero-order valence-corrected chi connectivity index (χ0v) is 5.79. The van der Waals surface area contributed by atoms with E-state index in [1.807, 2.05) is 6.92 Å². The van der Waals surface area contributed by atoms with E-state index in [4.69, 9.17) is 5.11 Å². The first-order valence-corrected chi connectivity index (χ1v) is 2.96. The minimum Gasteiger partial charge on any atom is -0.393 e. The first kappa shape index (κ1) is 8.37. The SMILES string of the molecule is CC(=CC=O)CC(C)O. The van der Waals surface area contributed by atoms with E-state index in [-0.39, 0.29) is 6.10 Å². The van der Waals surface area contributed by atoms with Crippen molar-refractivity contribution >= 4 is 6.29 Å². The van der Waals surface area contributed by atoms with Crippen molar-refractivity contribution in [3.63, 3.8) is 0 Å².